The SMILES string of the molecule is C=CCN(CC(C)(C)C(=O)c1c[nH]c2ncc(-c3cc(OC)c(OC)c(OC)c3)nc12)S(=O)(=O)c1ccccc1.C=CCN(CC(C)(C)C(=O)c1c[nH]c2ncc(Br)nc12)S(=O)(=O)c1ccccc1. The summed E-state index contributed by atoms with van der Waals surface area (Å²) >= 11 is 3.27. The molecule has 0 saturated carbocycles. The summed E-state index contributed by atoms with van der Waals surface area (Å²) in [6.07, 6.45) is 9.24. The maximum Gasteiger partial charge on any atom is 0.243 e. The van der Waals surface area contributed by atoms with E-state index < -0.39 is 30.9 Å². The van der Waals surface area contributed by atoms with Crippen LogP contribution < -0.4 is 14.2 Å². The standard InChI is InChI=1S/C29H32N4O6S.C20H21BrN4O3S/c1-7-13-33(40(35,36)20-11-9-8-10-12-20)18-29(2,3)27(34)21-16-30-28-25(21)32-22(17-31-28)19-14-23(37-4)26(39-6)24(15-19)38-5;1-4-10-25(29(27,28)14-8-6-5-7-9-14)13-20(2,3)18(26)15-11-22-19-17(15)24-16(21)12-23-19/h7-12,14-17H,1,13,18H2,2-6H3,(H,30,31);4-9,11-12H,1,10,13H2,2-3H3,(H,22,23). The molecule has 4 aromatic heterocycles. The first kappa shape index (κ1) is 51.8. The van der Waals surface area contributed by atoms with Crippen molar-refractivity contribution < 1.29 is 40.6 Å². The van der Waals surface area contributed by atoms with E-state index in [9.17, 15) is 26.4 Å². The second-order valence-electron chi connectivity index (χ2n) is 16.9. The van der Waals surface area contributed by atoms with Gasteiger partial charge in [-0.3, -0.25) is 9.59 Å². The van der Waals surface area contributed by atoms with Gasteiger partial charge in [0.05, 0.1) is 60.3 Å². The van der Waals surface area contributed by atoms with Crippen LogP contribution in [0, 0.1) is 10.8 Å². The molecule has 0 radical (unpaired) electrons. The van der Waals surface area contributed by atoms with Gasteiger partial charge in [0.2, 0.25) is 25.8 Å². The number of methoxy groups -OCH3 is 3. The monoisotopic (exact) mass is 1040 g/mol. The highest BCUT2D eigenvalue weighted by Crippen LogP contribution is 2.41. The number of halogens is 1. The number of nitrogens with zero attached hydrogens (tertiary/aromatic N) is 6. The van der Waals surface area contributed by atoms with Crippen molar-refractivity contribution in [3.05, 3.63) is 139 Å². The number of ether oxygens (including phenoxy) is 3. The number of ketones is 2. The number of hydrogen-bond acceptors (Lipinski definition) is 13. The van der Waals surface area contributed by atoms with E-state index in [4.69, 9.17) is 19.2 Å². The van der Waals surface area contributed by atoms with E-state index in [0.29, 0.717) is 66.6 Å². The lowest BCUT2D eigenvalue weighted by Crippen LogP contribution is -2.42. The van der Waals surface area contributed by atoms with Crippen molar-refractivity contribution in [2.24, 2.45) is 10.8 Å². The highest BCUT2D eigenvalue weighted by molar-refractivity contribution is 9.10. The Hall–Kier alpha value is -6.58. The number of aromatic nitrogens is 6. The molecule has 7 rings (SSSR count). The Morgan fingerprint density at radius 2 is 1.09 bits per heavy atom. The maximum atomic E-state index is 13.9. The molecule has 362 valence electrons. The lowest BCUT2D eigenvalue weighted by molar-refractivity contribution is 0.0809. The molecule has 0 saturated heterocycles. The zero-order chi connectivity index (χ0) is 50.3. The number of aromatic amines is 2. The number of carbonyl (C=O) groups is 2. The molecule has 4 heterocycles. The zero-order valence-corrected chi connectivity index (χ0v) is 42.4. The number of sulfonamides is 2. The minimum absolute atomic E-state index is 0.0107. The minimum Gasteiger partial charge on any atom is -0.493 e. The fourth-order valence-electron chi connectivity index (χ4n) is 7.50. The smallest absolute Gasteiger partial charge is 0.243 e. The summed E-state index contributed by atoms with van der Waals surface area (Å²) < 4.78 is 72.3. The highest BCUT2D eigenvalue weighted by atomic mass is 79.9. The minimum atomic E-state index is -3.86. The van der Waals surface area contributed by atoms with Gasteiger partial charge < -0.3 is 24.2 Å². The third kappa shape index (κ3) is 11.2. The van der Waals surface area contributed by atoms with Crippen LogP contribution >= 0.6 is 15.9 Å². The fourth-order valence-corrected chi connectivity index (χ4v) is 11.0. The Kier molecular flexibility index (Phi) is 16.0. The fraction of sp³-hybridized carbons (Fsp3) is 0.265. The first-order chi connectivity index (χ1) is 32.7. The van der Waals surface area contributed by atoms with Crippen LogP contribution in [0.3, 0.4) is 0 Å². The molecule has 0 fully saturated rings. The zero-order valence-electron chi connectivity index (χ0n) is 39.2. The number of H-pyrrole nitrogens is 2. The average Bonchev–Trinajstić information content (AvgIpc) is 3.97. The molecule has 0 spiro atoms. The number of Topliss-reactive ketones (excluding diaryl/α,β-unsaturated/α-hetero) is 2. The molecule has 0 atom stereocenters. The van der Waals surface area contributed by atoms with Crippen LogP contribution in [0.1, 0.15) is 48.4 Å². The molecule has 0 bridgehead atoms. The number of rotatable bonds is 20. The van der Waals surface area contributed by atoms with Gasteiger partial charge in [0.1, 0.15) is 15.6 Å². The quantitative estimate of drug-likeness (QED) is 0.0541. The van der Waals surface area contributed by atoms with Crippen molar-refractivity contribution in [1.82, 2.24) is 38.5 Å². The third-order valence-corrected chi connectivity index (χ3v) is 15.0. The molecule has 7 aromatic rings. The normalized spacial score (nSPS) is 12.1. The lowest BCUT2D eigenvalue weighted by atomic mass is 9.84. The van der Waals surface area contributed by atoms with Crippen LogP contribution in [0.25, 0.3) is 33.6 Å². The van der Waals surface area contributed by atoms with Crippen molar-refractivity contribution in [3.63, 3.8) is 0 Å². The summed E-state index contributed by atoms with van der Waals surface area (Å²) in [5, 5.41) is 0. The van der Waals surface area contributed by atoms with Gasteiger partial charge >= 0.3 is 0 Å². The molecule has 0 unspecified atom stereocenters. The number of carbonyl (C=O) groups excluding carboxylic acids is 2. The van der Waals surface area contributed by atoms with E-state index in [-0.39, 0.29) is 47.5 Å². The average molecular weight is 1040 g/mol. The van der Waals surface area contributed by atoms with Gasteiger partial charge in [-0.05, 0) is 52.3 Å². The Morgan fingerprint density at radius 3 is 1.49 bits per heavy atom. The number of hydrogen-bond donors (Lipinski definition) is 2. The molecule has 0 aliphatic heterocycles. The van der Waals surface area contributed by atoms with Gasteiger partial charge in [-0.25, -0.2) is 36.8 Å². The van der Waals surface area contributed by atoms with E-state index in [2.05, 4.69) is 54.0 Å². The van der Waals surface area contributed by atoms with Crippen LogP contribution in [0.5, 0.6) is 17.2 Å². The van der Waals surface area contributed by atoms with E-state index in [0.717, 1.165) is 0 Å². The Bertz CT molecular complexity index is 3210. The summed E-state index contributed by atoms with van der Waals surface area (Å²) in [5.74, 6) is 0.830. The molecular weight excluding hydrogens is 989 g/mol. The predicted molar refractivity (Wildman–Crippen MR) is 268 cm³/mol. The van der Waals surface area contributed by atoms with Crippen molar-refractivity contribution in [2.45, 2.75) is 37.5 Å². The predicted octanol–water partition coefficient (Wildman–Crippen LogP) is 8.54. The van der Waals surface area contributed by atoms with Crippen LogP contribution in [-0.4, -0.2) is 114 Å². The van der Waals surface area contributed by atoms with Gasteiger partial charge in [0.25, 0.3) is 0 Å². The van der Waals surface area contributed by atoms with Crippen molar-refractivity contribution in [3.8, 4) is 28.5 Å². The molecule has 0 amide bonds. The number of nitrogens with one attached hydrogen (secondary N) is 2. The summed E-state index contributed by atoms with van der Waals surface area (Å²) in [7, 11) is -3.08. The van der Waals surface area contributed by atoms with Crippen LogP contribution in [0.4, 0.5) is 0 Å². The van der Waals surface area contributed by atoms with E-state index >= 15 is 0 Å². The molecule has 2 N–H and O–H groups in total. The molecule has 3 aromatic carbocycles. The van der Waals surface area contributed by atoms with E-state index in [1.807, 2.05) is 0 Å². The van der Waals surface area contributed by atoms with Crippen LogP contribution in [0.2, 0.25) is 0 Å². The molecular formula is C49H53BrN8O9S2. The van der Waals surface area contributed by atoms with Crippen LogP contribution in [0.15, 0.2) is 137 Å². The number of fused-ring (bicyclic) bond motifs is 2. The topological polar surface area (TPSA) is 220 Å². The third-order valence-electron chi connectivity index (χ3n) is 11.0. The summed E-state index contributed by atoms with van der Waals surface area (Å²) in [4.78, 5) is 51.2. The molecule has 17 nitrogen and oxygen atoms in total. The Labute approximate surface area is 409 Å². The molecule has 69 heavy (non-hydrogen) atoms. The molecule has 0 aliphatic carbocycles. The van der Waals surface area contributed by atoms with Crippen molar-refractivity contribution in [2.75, 3.05) is 47.5 Å². The van der Waals surface area contributed by atoms with E-state index in [1.54, 1.807) is 94.8 Å². The van der Waals surface area contributed by atoms with Crippen LogP contribution in [-0.2, 0) is 20.0 Å². The summed E-state index contributed by atoms with van der Waals surface area (Å²) in [5.41, 5.74) is 1.42. The van der Waals surface area contributed by atoms with Gasteiger partial charge in [0.15, 0.2) is 34.4 Å². The van der Waals surface area contributed by atoms with Gasteiger partial charge in [0, 0.05) is 55.0 Å². The maximum absolute atomic E-state index is 13.9. The molecule has 20 heteroatoms. The highest BCUT2D eigenvalue weighted by Gasteiger charge is 2.38. The Balaban J connectivity index is 0.000000239. The second-order valence-corrected chi connectivity index (χ2v) is 21.6. The first-order valence-electron chi connectivity index (χ1n) is 21.3. The van der Waals surface area contributed by atoms with Crippen molar-refractivity contribution in [1.29, 1.82) is 0 Å². The largest absolute Gasteiger partial charge is 0.493 e. The van der Waals surface area contributed by atoms with Gasteiger partial charge in [-0.15, -0.1) is 13.2 Å². The van der Waals surface area contributed by atoms with E-state index in [1.165, 1.54) is 72.6 Å². The summed E-state index contributed by atoms with van der Waals surface area (Å²) in [6, 6.07) is 19.8. The Morgan fingerprint density at radius 1 is 0.667 bits per heavy atom. The second kappa shape index (κ2) is 21.4. The molecule has 0 aliphatic rings. The number of benzene rings is 3. The van der Waals surface area contributed by atoms with Gasteiger partial charge in [-0.2, -0.15) is 8.61 Å². The van der Waals surface area contributed by atoms with Crippen molar-refractivity contribution >= 4 is 69.9 Å². The lowest BCUT2D eigenvalue weighted by Gasteiger charge is -2.30. The first-order valence-corrected chi connectivity index (χ1v) is 25.0. The van der Waals surface area contributed by atoms with Gasteiger partial charge in [-0.1, -0.05) is 76.2 Å². The summed E-state index contributed by atoms with van der Waals surface area (Å²) in [6.45, 7) is 14.3.